The number of furan rings is 1. The number of hydrogen-bond acceptors (Lipinski definition) is 6. The maximum absolute atomic E-state index is 12.5. The summed E-state index contributed by atoms with van der Waals surface area (Å²) < 4.78 is 32.0. The third-order valence-corrected chi connectivity index (χ3v) is 6.62. The van der Waals surface area contributed by atoms with Crippen LogP contribution < -0.4 is 10.0 Å². The van der Waals surface area contributed by atoms with Crippen molar-refractivity contribution in [2.75, 3.05) is 5.32 Å². The van der Waals surface area contributed by atoms with Crippen LogP contribution in [0.25, 0.3) is 0 Å². The van der Waals surface area contributed by atoms with Crippen molar-refractivity contribution in [3.8, 4) is 0 Å². The number of urea groups is 1. The number of aliphatic hydroxyl groups is 1. The van der Waals surface area contributed by atoms with Gasteiger partial charge in [0.15, 0.2) is 5.78 Å². The Hall–Kier alpha value is -2.65. The molecule has 1 heterocycles. The van der Waals surface area contributed by atoms with Crippen molar-refractivity contribution in [1.82, 2.24) is 4.72 Å². The molecule has 2 aliphatic carbocycles. The first-order valence-electron chi connectivity index (χ1n) is 9.42. The minimum absolute atomic E-state index is 0.0421. The van der Waals surface area contributed by atoms with Gasteiger partial charge >= 0.3 is 6.03 Å². The van der Waals surface area contributed by atoms with Crippen molar-refractivity contribution < 1.29 is 27.5 Å². The minimum Gasteiger partial charge on any atom is -0.451 e. The molecule has 0 fully saturated rings. The van der Waals surface area contributed by atoms with E-state index in [4.69, 9.17) is 4.42 Å². The normalized spacial score (nSPS) is 15.9. The second kappa shape index (κ2) is 6.70. The van der Waals surface area contributed by atoms with E-state index in [9.17, 15) is 23.1 Å². The zero-order valence-corrected chi connectivity index (χ0v) is 17.0. The van der Waals surface area contributed by atoms with Gasteiger partial charge in [0.25, 0.3) is 10.0 Å². The maximum atomic E-state index is 12.5. The highest BCUT2D eigenvalue weighted by Gasteiger charge is 2.31. The molecule has 2 amide bonds. The smallest absolute Gasteiger partial charge is 0.333 e. The minimum atomic E-state index is -4.26. The van der Waals surface area contributed by atoms with Crippen LogP contribution in [0, 0.1) is 0 Å². The molecule has 0 saturated carbocycles. The first kappa shape index (κ1) is 19.7. The van der Waals surface area contributed by atoms with Crippen molar-refractivity contribution in [3.63, 3.8) is 0 Å². The number of nitrogens with one attached hydrogen (secondary N) is 2. The Balaban J connectivity index is 1.59. The van der Waals surface area contributed by atoms with Gasteiger partial charge in [0, 0.05) is 29.3 Å². The van der Waals surface area contributed by atoms with Crippen molar-refractivity contribution in [2.45, 2.75) is 56.6 Å². The van der Waals surface area contributed by atoms with Gasteiger partial charge in [0.2, 0.25) is 5.09 Å². The summed E-state index contributed by atoms with van der Waals surface area (Å²) in [7, 11) is -4.26. The highest BCUT2D eigenvalue weighted by Crippen LogP contribution is 2.38. The number of anilines is 1. The molecule has 0 bridgehead atoms. The number of sulfonamides is 1. The van der Waals surface area contributed by atoms with Crippen molar-refractivity contribution in [1.29, 1.82) is 0 Å². The first-order chi connectivity index (χ1) is 13.6. The van der Waals surface area contributed by atoms with Crippen LogP contribution >= 0.6 is 0 Å². The van der Waals surface area contributed by atoms with E-state index in [0.717, 1.165) is 42.2 Å². The number of ketones is 1. The number of carbonyl (C=O) groups excluding carboxylic acids is 2. The number of benzene rings is 1. The van der Waals surface area contributed by atoms with Gasteiger partial charge in [-0.05, 0) is 62.3 Å². The van der Waals surface area contributed by atoms with E-state index in [1.165, 1.54) is 19.9 Å². The van der Waals surface area contributed by atoms with Crippen LogP contribution in [0.5, 0.6) is 0 Å². The van der Waals surface area contributed by atoms with Crippen molar-refractivity contribution >= 4 is 27.5 Å². The fraction of sp³-hybridized carbons (Fsp3) is 0.400. The molecule has 9 heteroatoms. The standard InChI is InChI=1S/C20H22N2O6S/c1-20(2,25)12-9-17(28-10-12)29(26,27)22-19(24)21-18-13-5-3-4-11(13)8-15-14(18)6-7-16(15)23/h8-10,25H,3-7H2,1-2H3,(H2,21,22,24). The van der Waals surface area contributed by atoms with Crippen molar-refractivity contribution in [3.05, 3.63) is 46.2 Å². The molecule has 0 unspecified atom stereocenters. The van der Waals surface area contributed by atoms with Crippen LogP contribution in [0.15, 0.2) is 27.9 Å². The largest absolute Gasteiger partial charge is 0.451 e. The van der Waals surface area contributed by atoms with Gasteiger partial charge in [0.1, 0.15) is 0 Å². The van der Waals surface area contributed by atoms with E-state index in [-0.39, 0.29) is 11.3 Å². The molecule has 154 valence electrons. The summed E-state index contributed by atoms with van der Waals surface area (Å²) in [4.78, 5) is 24.7. The Morgan fingerprint density at radius 2 is 1.90 bits per heavy atom. The number of carbonyl (C=O) groups is 2. The molecular formula is C20H22N2O6S. The molecule has 0 radical (unpaired) electrons. The van der Waals surface area contributed by atoms with Gasteiger partial charge in [-0.15, -0.1) is 0 Å². The molecule has 2 aliphatic rings. The third-order valence-electron chi connectivity index (χ3n) is 5.42. The third kappa shape index (κ3) is 3.56. The van der Waals surface area contributed by atoms with Gasteiger partial charge in [-0.25, -0.2) is 9.52 Å². The fourth-order valence-corrected chi connectivity index (χ4v) is 4.76. The Kier molecular flexibility index (Phi) is 4.54. The summed E-state index contributed by atoms with van der Waals surface area (Å²) in [5.41, 5.74) is 2.92. The van der Waals surface area contributed by atoms with Gasteiger partial charge in [-0.1, -0.05) is 0 Å². The summed E-state index contributed by atoms with van der Waals surface area (Å²) in [6, 6.07) is 2.16. The Morgan fingerprint density at radius 1 is 1.14 bits per heavy atom. The molecule has 3 N–H and O–H groups in total. The van der Waals surface area contributed by atoms with Crippen molar-refractivity contribution in [2.24, 2.45) is 0 Å². The van der Waals surface area contributed by atoms with Crippen LogP contribution in [-0.2, 0) is 34.9 Å². The van der Waals surface area contributed by atoms with E-state index in [0.29, 0.717) is 24.1 Å². The van der Waals surface area contributed by atoms with Crippen LogP contribution in [-0.4, -0.2) is 25.3 Å². The van der Waals surface area contributed by atoms with Gasteiger partial charge in [-0.3, -0.25) is 4.79 Å². The Bertz CT molecular complexity index is 1120. The molecule has 2 aromatic rings. The zero-order chi connectivity index (χ0) is 21.0. The predicted molar refractivity (Wildman–Crippen MR) is 104 cm³/mol. The van der Waals surface area contributed by atoms with E-state index in [2.05, 4.69) is 5.32 Å². The average molecular weight is 418 g/mol. The quantitative estimate of drug-likeness (QED) is 0.701. The van der Waals surface area contributed by atoms with Gasteiger partial charge < -0.3 is 14.8 Å². The summed E-state index contributed by atoms with van der Waals surface area (Å²) in [5, 5.41) is 12.1. The number of amides is 2. The summed E-state index contributed by atoms with van der Waals surface area (Å²) >= 11 is 0. The predicted octanol–water partition coefficient (Wildman–Crippen LogP) is 2.64. The summed E-state index contributed by atoms with van der Waals surface area (Å²) in [5.74, 6) is 0.0421. The van der Waals surface area contributed by atoms with E-state index >= 15 is 0 Å². The number of hydrogen-bond donors (Lipinski definition) is 3. The van der Waals surface area contributed by atoms with Gasteiger partial charge in [0.05, 0.1) is 11.9 Å². The molecular weight excluding hydrogens is 396 g/mol. The van der Waals surface area contributed by atoms with Crippen LogP contribution in [0.2, 0.25) is 0 Å². The molecule has 0 atom stereocenters. The Labute approximate surface area is 168 Å². The molecule has 8 nitrogen and oxygen atoms in total. The molecule has 1 aromatic carbocycles. The molecule has 4 rings (SSSR count). The topological polar surface area (TPSA) is 126 Å². The fourth-order valence-electron chi connectivity index (χ4n) is 3.91. The molecule has 0 aliphatic heterocycles. The summed E-state index contributed by atoms with van der Waals surface area (Å²) in [6.07, 6.45) is 4.57. The van der Waals surface area contributed by atoms with Gasteiger partial charge in [-0.2, -0.15) is 8.42 Å². The molecule has 29 heavy (non-hydrogen) atoms. The highest BCUT2D eigenvalue weighted by atomic mass is 32.2. The summed E-state index contributed by atoms with van der Waals surface area (Å²) in [6.45, 7) is 2.98. The second-order valence-electron chi connectivity index (χ2n) is 7.97. The maximum Gasteiger partial charge on any atom is 0.333 e. The SMILES string of the molecule is CC(C)(O)c1coc(S(=O)(=O)NC(=O)Nc2c3c(cc4c2CCC4=O)CCC3)c1. The second-order valence-corrected chi connectivity index (χ2v) is 9.58. The molecule has 1 aromatic heterocycles. The van der Waals surface area contributed by atoms with Crippen LogP contribution in [0.1, 0.15) is 59.3 Å². The lowest BCUT2D eigenvalue weighted by Crippen LogP contribution is -2.34. The lowest BCUT2D eigenvalue weighted by molar-refractivity contribution is 0.0779. The first-order valence-corrected chi connectivity index (χ1v) is 10.9. The van der Waals surface area contributed by atoms with Crippen LogP contribution in [0.4, 0.5) is 10.5 Å². The number of Topliss-reactive ketones (excluding diaryl/α,β-unsaturated/α-hetero) is 1. The average Bonchev–Trinajstić information content (AvgIpc) is 3.33. The monoisotopic (exact) mass is 418 g/mol. The Morgan fingerprint density at radius 3 is 2.59 bits per heavy atom. The lowest BCUT2D eigenvalue weighted by Gasteiger charge is -2.16. The van der Waals surface area contributed by atoms with E-state index in [1.807, 2.05) is 10.8 Å². The molecule has 0 saturated heterocycles. The zero-order valence-electron chi connectivity index (χ0n) is 16.2. The van der Waals surface area contributed by atoms with E-state index < -0.39 is 26.7 Å². The molecule has 0 spiro atoms. The van der Waals surface area contributed by atoms with Crippen LogP contribution in [0.3, 0.4) is 0 Å². The highest BCUT2D eigenvalue weighted by molar-refractivity contribution is 7.89. The number of rotatable bonds is 4. The number of aryl methyl sites for hydroxylation is 1. The number of fused-ring (bicyclic) bond motifs is 2. The van der Waals surface area contributed by atoms with E-state index in [1.54, 1.807) is 0 Å². The lowest BCUT2D eigenvalue weighted by atomic mass is 9.98.